The highest BCUT2D eigenvalue weighted by Gasteiger charge is 2.36. The van der Waals surface area contributed by atoms with E-state index in [2.05, 4.69) is 85.4 Å². The van der Waals surface area contributed by atoms with E-state index in [9.17, 15) is 0 Å². The lowest BCUT2D eigenvalue weighted by Gasteiger charge is -2.41. The topological polar surface area (TPSA) is 0 Å². The highest BCUT2D eigenvalue weighted by molar-refractivity contribution is 7.79. The molecule has 0 aliphatic rings. The smallest absolute Gasteiger partial charge is 0.0154 e. The Labute approximate surface area is 131 Å². The van der Waals surface area contributed by atoms with Gasteiger partial charge in [-0.05, 0) is 40.2 Å². The molecule has 0 heterocycles. The van der Waals surface area contributed by atoms with Crippen molar-refractivity contribution in [3.05, 3.63) is 35.4 Å². The van der Waals surface area contributed by atoms with Crippen molar-refractivity contribution in [2.75, 3.05) is 0 Å². The number of hydrogen-bond donors (Lipinski definition) is 1. The Kier molecular flexibility index (Phi) is 5.78. The molecule has 0 amide bonds. The first-order valence-corrected chi connectivity index (χ1v) is 8.41. The second kappa shape index (κ2) is 6.56. The van der Waals surface area contributed by atoms with E-state index >= 15 is 0 Å². The minimum atomic E-state index is 0.301. The molecule has 0 bridgehead atoms. The van der Waals surface area contributed by atoms with Crippen LogP contribution in [0, 0.1) is 16.7 Å². The van der Waals surface area contributed by atoms with Gasteiger partial charge in [0.25, 0.3) is 0 Å². The van der Waals surface area contributed by atoms with E-state index in [0.717, 1.165) is 5.75 Å². The van der Waals surface area contributed by atoms with Gasteiger partial charge in [0, 0.05) is 5.75 Å². The molecule has 1 aromatic carbocycles. The summed E-state index contributed by atoms with van der Waals surface area (Å²) < 4.78 is 0. The summed E-state index contributed by atoms with van der Waals surface area (Å²) in [6, 6.07) is 9.08. The molecule has 0 aliphatic heterocycles. The maximum atomic E-state index is 4.35. The van der Waals surface area contributed by atoms with Crippen LogP contribution in [0.15, 0.2) is 24.3 Å². The lowest BCUT2D eigenvalue weighted by atomic mass is 9.63. The summed E-state index contributed by atoms with van der Waals surface area (Å²) in [6.07, 6.45) is 1.22. The summed E-state index contributed by atoms with van der Waals surface area (Å²) >= 11 is 4.35. The van der Waals surface area contributed by atoms with Crippen LogP contribution in [-0.2, 0) is 5.75 Å². The molecule has 0 saturated carbocycles. The van der Waals surface area contributed by atoms with Crippen LogP contribution in [-0.4, -0.2) is 0 Å². The van der Waals surface area contributed by atoms with E-state index in [4.69, 9.17) is 0 Å². The van der Waals surface area contributed by atoms with Crippen LogP contribution in [0.4, 0.5) is 0 Å². The van der Waals surface area contributed by atoms with Crippen molar-refractivity contribution < 1.29 is 0 Å². The Bertz CT molecular complexity index is 406. The van der Waals surface area contributed by atoms with Crippen LogP contribution in [0.1, 0.15) is 71.9 Å². The zero-order valence-electron chi connectivity index (χ0n) is 14.3. The third-order valence-electron chi connectivity index (χ3n) is 4.77. The van der Waals surface area contributed by atoms with Gasteiger partial charge in [0.1, 0.15) is 0 Å². The number of benzene rings is 1. The first-order valence-electron chi connectivity index (χ1n) is 7.77. The van der Waals surface area contributed by atoms with E-state index in [1.54, 1.807) is 0 Å². The average Bonchev–Trinajstić information content (AvgIpc) is 2.35. The molecule has 1 aromatic rings. The van der Waals surface area contributed by atoms with Crippen LogP contribution in [0.2, 0.25) is 0 Å². The molecule has 114 valence electrons. The molecule has 0 saturated heterocycles. The maximum absolute atomic E-state index is 4.35. The summed E-state index contributed by atoms with van der Waals surface area (Å²) in [6.45, 7) is 16.6. The fourth-order valence-electron chi connectivity index (χ4n) is 2.68. The third-order valence-corrected chi connectivity index (χ3v) is 5.13. The number of hydrogen-bond acceptors (Lipinski definition) is 1. The van der Waals surface area contributed by atoms with Gasteiger partial charge < -0.3 is 0 Å². The van der Waals surface area contributed by atoms with Crippen LogP contribution < -0.4 is 0 Å². The normalized spacial score (nSPS) is 14.7. The van der Waals surface area contributed by atoms with Gasteiger partial charge in [0.2, 0.25) is 0 Å². The predicted octanol–water partition coefficient (Wildman–Crippen LogP) is 6.32. The second-order valence-corrected chi connectivity index (χ2v) is 8.51. The molecule has 0 N–H and O–H groups in total. The van der Waals surface area contributed by atoms with Crippen molar-refractivity contribution in [2.24, 2.45) is 16.7 Å². The van der Waals surface area contributed by atoms with Gasteiger partial charge in [-0.3, -0.25) is 0 Å². The Morgan fingerprint density at radius 2 is 1.45 bits per heavy atom. The fourth-order valence-corrected chi connectivity index (χ4v) is 2.89. The van der Waals surface area contributed by atoms with Gasteiger partial charge >= 0.3 is 0 Å². The van der Waals surface area contributed by atoms with Crippen molar-refractivity contribution in [3.63, 3.8) is 0 Å². The number of rotatable bonds is 5. The first-order chi connectivity index (χ1) is 9.08. The summed E-state index contributed by atoms with van der Waals surface area (Å²) in [5.74, 6) is 2.08. The summed E-state index contributed by atoms with van der Waals surface area (Å²) in [5, 5.41) is 0. The Morgan fingerprint density at radius 1 is 0.950 bits per heavy atom. The van der Waals surface area contributed by atoms with Gasteiger partial charge in [-0.2, -0.15) is 12.6 Å². The van der Waals surface area contributed by atoms with Crippen molar-refractivity contribution >= 4 is 12.6 Å². The van der Waals surface area contributed by atoms with Crippen molar-refractivity contribution in [1.29, 1.82) is 0 Å². The highest BCUT2D eigenvalue weighted by Crippen LogP contribution is 2.47. The molecule has 1 heteroatoms. The molecule has 0 spiro atoms. The standard InChI is InChI=1S/C19H32S/c1-14(2)19(6,7)17(12-18(3,4)5)16-10-8-15(13-20)9-11-16/h8-11,14,17,20H,12-13H2,1-7H3. The van der Waals surface area contributed by atoms with Crippen molar-refractivity contribution in [3.8, 4) is 0 Å². The lowest BCUT2D eigenvalue weighted by Crippen LogP contribution is -2.31. The van der Waals surface area contributed by atoms with Crippen LogP contribution >= 0.6 is 12.6 Å². The van der Waals surface area contributed by atoms with E-state index in [0.29, 0.717) is 22.7 Å². The summed E-state index contributed by atoms with van der Waals surface area (Å²) in [7, 11) is 0. The predicted molar refractivity (Wildman–Crippen MR) is 94.6 cm³/mol. The van der Waals surface area contributed by atoms with Gasteiger partial charge in [0.05, 0.1) is 0 Å². The SMILES string of the molecule is CC(C)C(C)(C)C(CC(C)(C)C)c1ccc(CS)cc1. The van der Waals surface area contributed by atoms with Crippen molar-refractivity contribution in [2.45, 2.75) is 66.6 Å². The molecule has 1 atom stereocenters. The third kappa shape index (κ3) is 4.55. The van der Waals surface area contributed by atoms with E-state index < -0.39 is 0 Å². The summed E-state index contributed by atoms with van der Waals surface area (Å²) in [4.78, 5) is 0. The molecule has 20 heavy (non-hydrogen) atoms. The Morgan fingerprint density at radius 3 is 1.80 bits per heavy atom. The highest BCUT2D eigenvalue weighted by atomic mass is 32.1. The van der Waals surface area contributed by atoms with Gasteiger partial charge in [-0.15, -0.1) is 0 Å². The molecule has 1 rings (SSSR count). The summed E-state index contributed by atoms with van der Waals surface area (Å²) in [5.41, 5.74) is 3.42. The molecular formula is C19H32S. The largest absolute Gasteiger partial charge is 0.175 e. The van der Waals surface area contributed by atoms with E-state index in [1.807, 2.05) is 0 Å². The number of thiol groups is 1. The second-order valence-electron chi connectivity index (χ2n) is 8.19. The van der Waals surface area contributed by atoms with Gasteiger partial charge in [-0.25, -0.2) is 0 Å². The minimum absolute atomic E-state index is 0.301. The van der Waals surface area contributed by atoms with Gasteiger partial charge in [-0.1, -0.05) is 72.7 Å². The van der Waals surface area contributed by atoms with E-state index in [-0.39, 0.29) is 0 Å². The van der Waals surface area contributed by atoms with Crippen LogP contribution in [0.25, 0.3) is 0 Å². The molecule has 1 unspecified atom stereocenters. The quantitative estimate of drug-likeness (QED) is 0.603. The average molecular weight is 293 g/mol. The zero-order valence-corrected chi connectivity index (χ0v) is 15.2. The Balaban J connectivity index is 3.15. The lowest BCUT2D eigenvalue weighted by molar-refractivity contribution is 0.150. The zero-order chi connectivity index (χ0) is 15.6. The maximum Gasteiger partial charge on any atom is 0.0154 e. The molecule has 0 fully saturated rings. The van der Waals surface area contributed by atoms with E-state index in [1.165, 1.54) is 17.5 Å². The molecule has 0 nitrogen and oxygen atoms in total. The van der Waals surface area contributed by atoms with Crippen LogP contribution in [0.3, 0.4) is 0 Å². The Hall–Kier alpha value is -0.430. The molecule has 0 aromatic heterocycles. The monoisotopic (exact) mass is 292 g/mol. The molecule has 0 aliphatic carbocycles. The first kappa shape index (κ1) is 17.6. The fraction of sp³-hybridized carbons (Fsp3) is 0.684. The van der Waals surface area contributed by atoms with Crippen molar-refractivity contribution in [1.82, 2.24) is 0 Å². The van der Waals surface area contributed by atoms with Crippen LogP contribution in [0.5, 0.6) is 0 Å². The molecule has 0 radical (unpaired) electrons. The molecular weight excluding hydrogens is 260 g/mol. The van der Waals surface area contributed by atoms with Gasteiger partial charge in [0.15, 0.2) is 0 Å². The minimum Gasteiger partial charge on any atom is -0.175 e.